The molecule has 2 N–H and O–H groups in total. The lowest BCUT2D eigenvalue weighted by atomic mass is 10.1. The lowest BCUT2D eigenvalue weighted by molar-refractivity contribution is 0.409. The molecule has 0 saturated carbocycles. The summed E-state index contributed by atoms with van der Waals surface area (Å²) in [7, 11) is 1.61. The molecule has 2 rings (SSSR count). The van der Waals surface area contributed by atoms with E-state index in [1.54, 1.807) is 19.2 Å². The molecule has 0 amide bonds. The number of nitrogens with two attached hydrogens (primary N) is 1. The molecule has 0 aliphatic rings. The van der Waals surface area contributed by atoms with Gasteiger partial charge in [0.1, 0.15) is 17.2 Å². The van der Waals surface area contributed by atoms with Gasteiger partial charge in [0, 0.05) is 23.9 Å². The van der Waals surface area contributed by atoms with E-state index in [0.717, 1.165) is 12.2 Å². The molecule has 0 aliphatic carbocycles. The molecule has 3 heteroatoms. The Balaban J connectivity index is 2.30. The van der Waals surface area contributed by atoms with Gasteiger partial charge in [0.15, 0.2) is 0 Å². The molecule has 2 aromatic rings. The van der Waals surface area contributed by atoms with Crippen LogP contribution in [0.15, 0.2) is 42.5 Å². The van der Waals surface area contributed by atoms with E-state index in [9.17, 15) is 0 Å². The van der Waals surface area contributed by atoms with Crippen molar-refractivity contribution in [3.05, 3.63) is 48.0 Å². The van der Waals surface area contributed by atoms with Gasteiger partial charge >= 0.3 is 0 Å². The van der Waals surface area contributed by atoms with Crippen molar-refractivity contribution >= 4 is 5.69 Å². The first kappa shape index (κ1) is 12.3. The predicted octanol–water partition coefficient (Wildman–Crippen LogP) is 3.63. The normalized spacial score (nSPS) is 10.1. The van der Waals surface area contributed by atoms with Crippen LogP contribution in [0.2, 0.25) is 0 Å². The minimum atomic E-state index is 0.623. The first-order chi connectivity index (χ1) is 8.72. The Morgan fingerprint density at radius 2 is 1.78 bits per heavy atom. The maximum absolute atomic E-state index is 5.86. The fourth-order valence-corrected chi connectivity index (χ4v) is 1.79. The quantitative estimate of drug-likeness (QED) is 0.834. The largest absolute Gasteiger partial charge is 0.497 e. The number of para-hydroxylation sites is 1. The summed E-state index contributed by atoms with van der Waals surface area (Å²) in [6.07, 6.45) is 0.926. The maximum atomic E-state index is 5.86. The predicted molar refractivity (Wildman–Crippen MR) is 73.3 cm³/mol. The number of nitrogen functional groups attached to an aromatic ring is 1. The first-order valence-corrected chi connectivity index (χ1v) is 5.93. The molecule has 0 radical (unpaired) electrons. The molecule has 94 valence electrons. The summed E-state index contributed by atoms with van der Waals surface area (Å²) < 4.78 is 11.0. The van der Waals surface area contributed by atoms with E-state index in [4.69, 9.17) is 15.2 Å². The number of hydrogen-bond donors (Lipinski definition) is 1. The van der Waals surface area contributed by atoms with Gasteiger partial charge in [0.2, 0.25) is 0 Å². The first-order valence-electron chi connectivity index (χ1n) is 5.93. The van der Waals surface area contributed by atoms with E-state index < -0.39 is 0 Å². The number of benzene rings is 2. The molecule has 3 nitrogen and oxygen atoms in total. The highest BCUT2D eigenvalue weighted by molar-refractivity contribution is 5.51. The maximum Gasteiger partial charge on any atom is 0.133 e. The van der Waals surface area contributed by atoms with Gasteiger partial charge in [-0.3, -0.25) is 0 Å². The van der Waals surface area contributed by atoms with Crippen LogP contribution >= 0.6 is 0 Å². The van der Waals surface area contributed by atoms with Gasteiger partial charge in [-0.1, -0.05) is 25.1 Å². The van der Waals surface area contributed by atoms with Crippen molar-refractivity contribution in [3.63, 3.8) is 0 Å². The van der Waals surface area contributed by atoms with Crippen LogP contribution < -0.4 is 15.2 Å². The van der Waals surface area contributed by atoms with E-state index in [2.05, 4.69) is 13.0 Å². The lowest BCUT2D eigenvalue weighted by Gasteiger charge is -2.11. The number of methoxy groups -OCH3 is 1. The zero-order chi connectivity index (χ0) is 13.0. The molecule has 0 fully saturated rings. The van der Waals surface area contributed by atoms with E-state index >= 15 is 0 Å². The number of aryl methyl sites for hydroxylation is 1. The van der Waals surface area contributed by atoms with E-state index in [0.29, 0.717) is 17.2 Å². The van der Waals surface area contributed by atoms with Gasteiger partial charge < -0.3 is 15.2 Å². The van der Waals surface area contributed by atoms with Gasteiger partial charge in [0.25, 0.3) is 0 Å². The summed E-state index contributed by atoms with van der Waals surface area (Å²) in [5.74, 6) is 2.24. The molecule has 0 atom stereocenters. The third-order valence-electron chi connectivity index (χ3n) is 2.72. The van der Waals surface area contributed by atoms with Crippen molar-refractivity contribution in [1.29, 1.82) is 0 Å². The highest BCUT2D eigenvalue weighted by Crippen LogP contribution is 2.30. The Morgan fingerprint density at radius 3 is 2.50 bits per heavy atom. The lowest BCUT2D eigenvalue weighted by Crippen LogP contribution is -1.93. The second-order valence-electron chi connectivity index (χ2n) is 4.01. The van der Waals surface area contributed by atoms with Gasteiger partial charge in [-0.25, -0.2) is 0 Å². The Morgan fingerprint density at radius 1 is 1.06 bits per heavy atom. The molecular formula is C15H17NO2. The monoisotopic (exact) mass is 243 g/mol. The average molecular weight is 243 g/mol. The molecule has 0 aromatic heterocycles. The highest BCUT2D eigenvalue weighted by atomic mass is 16.5. The molecule has 2 aromatic carbocycles. The fourth-order valence-electron chi connectivity index (χ4n) is 1.79. The topological polar surface area (TPSA) is 44.5 Å². The van der Waals surface area contributed by atoms with Crippen molar-refractivity contribution in [2.45, 2.75) is 13.3 Å². The van der Waals surface area contributed by atoms with Crippen LogP contribution in [-0.4, -0.2) is 7.11 Å². The molecule has 0 bridgehead atoms. The van der Waals surface area contributed by atoms with Crippen LogP contribution in [0.1, 0.15) is 12.5 Å². The van der Waals surface area contributed by atoms with Crippen molar-refractivity contribution in [2.24, 2.45) is 0 Å². The molecular weight excluding hydrogens is 226 g/mol. The van der Waals surface area contributed by atoms with Crippen LogP contribution in [0, 0.1) is 0 Å². The molecule has 0 spiro atoms. The minimum absolute atomic E-state index is 0.623. The average Bonchev–Trinajstić information content (AvgIpc) is 2.38. The van der Waals surface area contributed by atoms with Gasteiger partial charge in [-0.05, 0) is 18.1 Å². The summed E-state index contributed by atoms with van der Waals surface area (Å²) >= 11 is 0. The van der Waals surface area contributed by atoms with E-state index in [1.807, 2.05) is 24.3 Å². The molecule has 0 saturated heterocycles. The number of hydrogen-bond acceptors (Lipinski definition) is 3. The second kappa shape index (κ2) is 5.45. The summed E-state index contributed by atoms with van der Waals surface area (Å²) in [6.45, 7) is 2.10. The Bertz CT molecular complexity index is 538. The van der Waals surface area contributed by atoms with Crippen LogP contribution in [-0.2, 0) is 6.42 Å². The zero-order valence-electron chi connectivity index (χ0n) is 10.6. The van der Waals surface area contributed by atoms with Gasteiger partial charge in [0.05, 0.1) is 7.11 Å². The summed E-state index contributed by atoms with van der Waals surface area (Å²) in [5.41, 5.74) is 7.59. The Labute approximate surface area is 107 Å². The summed E-state index contributed by atoms with van der Waals surface area (Å²) in [4.78, 5) is 0. The number of rotatable bonds is 4. The van der Waals surface area contributed by atoms with Gasteiger partial charge in [-0.2, -0.15) is 0 Å². The SMILES string of the molecule is CCc1ccccc1Oc1cc(N)cc(OC)c1. The van der Waals surface area contributed by atoms with Crippen LogP contribution in [0.5, 0.6) is 17.2 Å². The van der Waals surface area contributed by atoms with Crippen LogP contribution in [0.4, 0.5) is 5.69 Å². The fraction of sp³-hybridized carbons (Fsp3) is 0.200. The highest BCUT2D eigenvalue weighted by Gasteiger charge is 2.05. The molecule has 18 heavy (non-hydrogen) atoms. The van der Waals surface area contributed by atoms with E-state index in [-0.39, 0.29) is 0 Å². The smallest absolute Gasteiger partial charge is 0.133 e. The van der Waals surface area contributed by atoms with Crippen molar-refractivity contribution in [1.82, 2.24) is 0 Å². The van der Waals surface area contributed by atoms with Crippen molar-refractivity contribution < 1.29 is 9.47 Å². The summed E-state index contributed by atoms with van der Waals surface area (Å²) in [6, 6.07) is 13.3. The molecule has 0 unspecified atom stereocenters. The molecule has 0 heterocycles. The minimum Gasteiger partial charge on any atom is -0.497 e. The van der Waals surface area contributed by atoms with Crippen molar-refractivity contribution in [2.75, 3.05) is 12.8 Å². The number of ether oxygens (including phenoxy) is 2. The van der Waals surface area contributed by atoms with E-state index in [1.165, 1.54) is 5.56 Å². The zero-order valence-corrected chi connectivity index (χ0v) is 10.6. The van der Waals surface area contributed by atoms with Crippen molar-refractivity contribution in [3.8, 4) is 17.2 Å². The van der Waals surface area contributed by atoms with Gasteiger partial charge in [-0.15, -0.1) is 0 Å². The summed E-state index contributed by atoms with van der Waals surface area (Å²) in [5, 5.41) is 0. The third kappa shape index (κ3) is 2.74. The molecule has 0 aliphatic heterocycles. The standard InChI is InChI=1S/C15H17NO2/c1-3-11-6-4-5-7-15(11)18-14-9-12(16)8-13(10-14)17-2/h4-10H,3,16H2,1-2H3. The third-order valence-corrected chi connectivity index (χ3v) is 2.72. The van der Waals surface area contributed by atoms with Crippen LogP contribution in [0.25, 0.3) is 0 Å². The Kier molecular flexibility index (Phi) is 3.72. The second-order valence-corrected chi connectivity index (χ2v) is 4.01. The number of anilines is 1. The Hall–Kier alpha value is -2.16. The van der Waals surface area contributed by atoms with Crippen LogP contribution in [0.3, 0.4) is 0 Å².